The summed E-state index contributed by atoms with van der Waals surface area (Å²) in [6.07, 6.45) is 2.88. The number of benzene rings is 1. The number of ether oxygens (including phenoxy) is 2. The first-order valence-corrected chi connectivity index (χ1v) is 9.76. The number of thiophene rings is 1. The van der Waals surface area contributed by atoms with E-state index >= 15 is 0 Å². The Kier molecular flexibility index (Phi) is 5.86. The van der Waals surface area contributed by atoms with E-state index in [2.05, 4.69) is 11.4 Å². The molecule has 1 amide bonds. The van der Waals surface area contributed by atoms with Gasteiger partial charge in [0.05, 0.1) is 24.8 Å². The van der Waals surface area contributed by atoms with Crippen LogP contribution in [-0.2, 0) is 0 Å². The first-order valence-electron chi connectivity index (χ1n) is 8.50. The lowest BCUT2D eigenvalue weighted by Crippen LogP contribution is -2.30. The molecular weight excluding hydrogens is 358 g/mol. The van der Waals surface area contributed by atoms with Crippen LogP contribution in [0, 0.1) is 0 Å². The van der Waals surface area contributed by atoms with Gasteiger partial charge in [0.25, 0.3) is 5.91 Å². The zero-order chi connectivity index (χ0) is 17.8. The number of methoxy groups -OCH3 is 1. The van der Waals surface area contributed by atoms with Gasteiger partial charge < -0.3 is 14.4 Å². The number of likely N-dealkylation sites (tertiary alicyclic amines) is 1. The van der Waals surface area contributed by atoms with E-state index in [1.165, 1.54) is 4.88 Å². The quantitative estimate of drug-likeness (QED) is 0.694. The Morgan fingerprint density at radius 3 is 2.96 bits per heavy atom. The molecule has 25 heavy (non-hydrogen) atoms. The Morgan fingerprint density at radius 1 is 1.44 bits per heavy atom. The Labute approximate surface area is 157 Å². The molecule has 1 aromatic heterocycles. The molecule has 1 aromatic carbocycles. The molecule has 1 saturated heterocycles. The van der Waals surface area contributed by atoms with Gasteiger partial charge in [0.15, 0.2) is 11.5 Å². The van der Waals surface area contributed by atoms with E-state index in [1.807, 2.05) is 17.9 Å². The summed E-state index contributed by atoms with van der Waals surface area (Å²) in [5.41, 5.74) is 0.536. The molecule has 3 rings (SSSR count). The lowest BCUT2D eigenvalue weighted by atomic mass is 10.1. The normalized spacial score (nSPS) is 16.9. The molecule has 6 heteroatoms. The van der Waals surface area contributed by atoms with Crippen molar-refractivity contribution in [3.63, 3.8) is 0 Å². The summed E-state index contributed by atoms with van der Waals surface area (Å²) < 4.78 is 11.1. The van der Waals surface area contributed by atoms with Gasteiger partial charge in [-0.25, -0.2) is 0 Å². The molecular formula is C19H22ClNO3S. The molecule has 134 valence electrons. The fourth-order valence-electron chi connectivity index (χ4n) is 3.14. The summed E-state index contributed by atoms with van der Waals surface area (Å²) in [6.45, 7) is 3.34. The molecule has 1 atom stereocenters. The van der Waals surface area contributed by atoms with Gasteiger partial charge in [-0.3, -0.25) is 4.79 Å². The van der Waals surface area contributed by atoms with Gasteiger partial charge in [-0.05, 0) is 42.8 Å². The highest BCUT2D eigenvalue weighted by molar-refractivity contribution is 7.10. The smallest absolute Gasteiger partial charge is 0.254 e. The standard InChI is InChI=1S/C19H22ClNO3S/c1-3-9-24-18-14(20)11-13(12-16(18)23-2)19(22)21-8-4-6-15(21)17-7-5-10-25-17/h5,7,10-12,15H,3-4,6,8-9H2,1-2H3. The second kappa shape index (κ2) is 8.11. The molecule has 0 saturated carbocycles. The SMILES string of the molecule is CCCOc1c(Cl)cc(C(=O)N2CCCC2c2cccs2)cc1OC. The lowest BCUT2D eigenvalue weighted by molar-refractivity contribution is 0.0737. The fourth-order valence-corrected chi connectivity index (χ4v) is 4.28. The first-order chi connectivity index (χ1) is 12.2. The predicted molar refractivity (Wildman–Crippen MR) is 101 cm³/mol. The number of halogens is 1. The van der Waals surface area contributed by atoms with Crippen LogP contribution in [0.25, 0.3) is 0 Å². The highest BCUT2D eigenvalue weighted by Gasteiger charge is 2.32. The van der Waals surface area contributed by atoms with Gasteiger partial charge in [0.2, 0.25) is 0 Å². The Hall–Kier alpha value is -1.72. The summed E-state index contributed by atoms with van der Waals surface area (Å²) in [5, 5.41) is 2.46. The van der Waals surface area contributed by atoms with E-state index in [9.17, 15) is 4.79 Å². The van der Waals surface area contributed by atoms with Crippen LogP contribution in [0.3, 0.4) is 0 Å². The van der Waals surface area contributed by atoms with Crippen molar-refractivity contribution in [3.05, 3.63) is 45.1 Å². The second-order valence-corrected chi connectivity index (χ2v) is 7.40. The average molecular weight is 380 g/mol. The minimum atomic E-state index is -0.0156. The van der Waals surface area contributed by atoms with Gasteiger partial charge in [-0.1, -0.05) is 24.6 Å². The van der Waals surface area contributed by atoms with Gasteiger partial charge in [0.1, 0.15) is 0 Å². The van der Waals surface area contributed by atoms with Gasteiger partial charge in [0, 0.05) is 17.0 Å². The number of hydrogen-bond donors (Lipinski definition) is 0. The minimum absolute atomic E-state index is 0.0156. The third-order valence-electron chi connectivity index (χ3n) is 4.31. The summed E-state index contributed by atoms with van der Waals surface area (Å²) in [6, 6.07) is 7.68. The molecule has 0 spiro atoms. The topological polar surface area (TPSA) is 38.8 Å². The van der Waals surface area contributed by atoms with Crippen molar-refractivity contribution in [1.82, 2.24) is 4.90 Å². The van der Waals surface area contributed by atoms with Crippen LogP contribution >= 0.6 is 22.9 Å². The summed E-state index contributed by atoms with van der Waals surface area (Å²) in [5.74, 6) is 0.980. The fraction of sp³-hybridized carbons (Fsp3) is 0.421. The molecule has 1 aliphatic heterocycles. The second-order valence-electron chi connectivity index (χ2n) is 6.01. The maximum Gasteiger partial charge on any atom is 0.254 e. The Morgan fingerprint density at radius 2 is 2.28 bits per heavy atom. The molecule has 0 aliphatic carbocycles. The molecule has 0 bridgehead atoms. The van der Waals surface area contributed by atoms with Crippen LogP contribution in [0.1, 0.15) is 47.5 Å². The molecule has 2 heterocycles. The van der Waals surface area contributed by atoms with Crippen molar-refractivity contribution < 1.29 is 14.3 Å². The molecule has 1 unspecified atom stereocenters. The van der Waals surface area contributed by atoms with Crippen LogP contribution in [0.5, 0.6) is 11.5 Å². The van der Waals surface area contributed by atoms with Gasteiger partial charge >= 0.3 is 0 Å². The summed E-state index contributed by atoms with van der Waals surface area (Å²) >= 11 is 8.06. The van der Waals surface area contributed by atoms with Gasteiger partial charge in [-0.15, -0.1) is 11.3 Å². The molecule has 0 radical (unpaired) electrons. The van der Waals surface area contributed by atoms with E-state index in [0.717, 1.165) is 25.8 Å². The van der Waals surface area contributed by atoms with Crippen LogP contribution < -0.4 is 9.47 Å². The monoisotopic (exact) mass is 379 g/mol. The maximum absolute atomic E-state index is 13.1. The number of carbonyl (C=O) groups is 1. The van der Waals surface area contributed by atoms with Crippen molar-refractivity contribution >= 4 is 28.8 Å². The Balaban J connectivity index is 1.88. The zero-order valence-electron chi connectivity index (χ0n) is 14.5. The van der Waals surface area contributed by atoms with E-state index in [0.29, 0.717) is 28.7 Å². The number of carbonyl (C=O) groups excluding carboxylic acids is 1. The van der Waals surface area contributed by atoms with Crippen LogP contribution in [0.4, 0.5) is 0 Å². The van der Waals surface area contributed by atoms with Gasteiger partial charge in [-0.2, -0.15) is 0 Å². The maximum atomic E-state index is 13.1. The minimum Gasteiger partial charge on any atom is -0.493 e. The van der Waals surface area contributed by atoms with Crippen molar-refractivity contribution in [1.29, 1.82) is 0 Å². The average Bonchev–Trinajstić information content (AvgIpc) is 3.30. The molecule has 1 aliphatic rings. The number of amides is 1. The van der Waals surface area contributed by atoms with E-state index in [-0.39, 0.29) is 11.9 Å². The number of rotatable bonds is 6. The van der Waals surface area contributed by atoms with Crippen molar-refractivity contribution in [2.45, 2.75) is 32.2 Å². The Bertz CT molecular complexity index is 733. The van der Waals surface area contributed by atoms with Crippen molar-refractivity contribution in [2.24, 2.45) is 0 Å². The van der Waals surface area contributed by atoms with E-state index in [4.69, 9.17) is 21.1 Å². The van der Waals surface area contributed by atoms with Crippen LogP contribution in [0.2, 0.25) is 5.02 Å². The number of hydrogen-bond acceptors (Lipinski definition) is 4. The van der Waals surface area contributed by atoms with Crippen molar-refractivity contribution in [3.8, 4) is 11.5 Å². The predicted octanol–water partition coefficient (Wildman–Crippen LogP) is 5.18. The highest BCUT2D eigenvalue weighted by atomic mass is 35.5. The first kappa shape index (κ1) is 18.1. The lowest BCUT2D eigenvalue weighted by Gasteiger charge is -2.24. The van der Waals surface area contributed by atoms with Crippen LogP contribution in [-0.4, -0.2) is 31.1 Å². The van der Waals surface area contributed by atoms with E-state index < -0.39 is 0 Å². The number of nitrogens with zero attached hydrogens (tertiary/aromatic N) is 1. The largest absolute Gasteiger partial charge is 0.493 e. The van der Waals surface area contributed by atoms with Crippen molar-refractivity contribution in [2.75, 3.05) is 20.3 Å². The van der Waals surface area contributed by atoms with E-state index in [1.54, 1.807) is 30.6 Å². The summed E-state index contributed by atoms with van der Waals surface area (Å²) in [4.78, 5) is 16.2. The molecule has 2 aromatic rings. The van der Waals surface area contributed by atoms with Crippen LogP contribution in [0.15, 0.2) is 29.6 Å². The summed E-state index contributed by atoms with van der Waals surface area (Å²) in [7, 11) is 1.56. The third-order valence-corrected chi connectivity index (χ3v) is 5.57. The third kappa shape index (κ3) is 3.77. The molecule has 4 nitrogen and oxygen atoms in total. The molecule has 0 N–H and O–H groups in total. The zero-order valence-corrected chi connectivity index (χ0v) is 16.0. The highest BCUT2D eigenvalue weighted by Crippen LogP contribution is 2.39. The molecule has 1 fully saturated rings.